The molecule has 0 aliphatic rings. The molecule has 0 bridgehead atoms. The zero-order valence-electron chi connectivity index (χ0n) is 16.8. The van der Waals surface area contributed by atoms with Crippen molar-refractivity contribution in [2.75, 3.05) is 27.7 Å². The fourth-order valence-corrected chi connectivity index (χ4v) is 3.57. The maximum absolute atomic E-state index is 12.8. The molecule has 7 heteroatoms. The maximum atomic E-state index is 12.8. The smallest absolute Gasteiger partial charge is 0.245 e. The van der Waals surface area contributed by atoms with Crippen molar-refractivity contribution in [2.45, 2.75) is 0 Å². The number of fused-ring (bicyclic) bond motifs is 1. The number of allylic oxidation sites excluding steroid dienone is 1. The van der Waals surface area contributed by atoms with E-state index in [1.165, 1.54) is 7.11 Å². The van der Waals surface area contributed by atoms with Crippen LogP contribution in [0.2, 0.25) is 0 Å². The summed E-state index contributed by atoms with van der Waals surface area (Å²) in [5, 5.41) is 19.9. The summed E-state index contributed by atoms with van der Waals surface area (Å²) in [6, 6.07) is 14.9. The lowest BCUT2D eigenvalue weighted by atomic mass is 10.0. The molecule has 3 rings (SSSR count). The average molecular weight is 463 g/mol. The third-order valence-corrected chi connectivity index (χ3v) is 5.05. The number of halogens is 1. The van der Waals surface area contributed by atoms with Crippen molar-refractivity contribution >= 4 is 44.4 Å². The van der Waals surface area contributed by atoms with Gasteiger partial charge in [-0.25, -0.2) is 0 Å². The molecule has 0 spiro atoms. The van der Waals surface area contributed by atoms with Gasteiger partial charge >= 0.3 is 0 Å². The van der Waals surface area contributed by atoms with E-state index in [0.717, 1.165) is 15.4 Å². The molecule has 3 aromatic rings. The predicted octanol–water partition coefficient (Wildman–Crippen LogP) is 4.55. The number of aromatic nitrogens is 1. The summed E-state index contributed by atoms with van der Waals surface area (Å²) in [6.45, 7) is 0.239. The summed E-state index contributed by atoms with van der Waals surface area (Å²) in [7, 11) is 5.19. The van der Waals surface area contributed by atoms with Gasteiger partial charge in [0.05, 0.1) is 42.4 Å². The highest BCUT2D eigenvalue weighted by Crippen LogP contribution is 2.32. The minimum absolute atomic E-state index is 0.0973. The molecule has 6 nitrogen and oxygen atoms in total. The normalized spacial score (nSPS) is 11.4. The molecule has 150 valence electrons. The Kier molecular flexibility index (Phi) is 6.37. The van der Waals surface area contributed by atoms with Gasteiger partial charge in [-0.15, -0.1) is 0 Å². The van der Waals surface area contributed by atoms with Crippen molar-refractivity contribution in [1.29, 1.82) is 10.5 Å². The highest BCUT2D eigenvalue weighted by atomic mass is 79.9. The van der Waals surface area contributed by atoms with E-state index in [9.17, 15) is 15.3 Å². The van der Waals surface area contributed by atoms with Crippen molar-refractivity contribution in [2.24, 2.45) is 0 Å². The summed E-state index contributed by atoms with van der Waals surface area (Å²) in [5.41, 5.74) is 2.79. The number of ether oxygens (including phenoxy) is 1. The highest BCUT2D eigenvalue weighted by molar-refractivity contribution is 9.10. The molecule has 0 atom stereocenters. The first kappa shape index (κ1) is 21.3. The van der Waals surface area contributed by atoms with Crippen LogP contribution in [0.15, 0.2) is 47.1 Å². The van der Waals surface area contributed by atoms with Gasteiger partial charge in [0.25, 0.3) is 0 Å². The summed E-state index contributed by atoms with van der Waals surface area (Å²) in [5.74, 6) is 0.454. The second-order valence-corrected chi connectivity index (χ2v) is 7.86. The Labute approximate surface area is 183 Å². The van der Waals surface area contributed by atoms with E-state index in [4.69, 9.17) is 4.74 Å². The van der Waals surface area contributed by atoms with Crippen LogP contribution in [0.25, 0.3) is 22.6 Å². The van der Waals surface area contributed by atoms with Gasteiger partial charge in [-0.05, 0) is 56.6 Å². The van der Waals surface area contributed by atoms with Gasteiger partial charge < -0.3 is 9.64 Å². The highest BCUT2D eigenvalue weighted by Gasteiger charge is 2.18. The maximum Gasteiger partial charge on any atom is 0.245 e. The molecule has 1 aromatic heterocycles. The van der Waals surface area contributed by atoms with Gasteiger partial charge in [0.15, 0.2) is 0 Å². The molecular weight excluding hydrogens is 444 g/mol. The number of benzene rings is 2. The van der Waals surface area contributed by atoms with Crippen LogP contribution in [0, 0.1) is 22.7 Å². The Morgan fingerprint density at radius 3 is 2.63 bits per heavy atom. The molecule has 0 N–H and O–H groups in total. The second-order valence-electron chi connectivity index (χ2n) is 6.94. The number of methoxy groups -OCH3 is 1. The largest absolute Gasteiger partial charge is 0.496 e. The van der Waals surface area contributed by atoms with Crippen LogP contribution in [0.4, 0.5) is 0 Å². The quantitative estimate of drug-likeness (QED) is 0.519. The topological polar surface area (TPSA) is 82.0 Å². The molecule has 30 heavy (non-hydrogen) atoms. The van der Waals surface area contributed by atoms with Crippen LogP contribution in [-0.2, 0) is 0 Å². The molecule has 1 heterocycles. The predicted molar refractivity (Wildman–Crippen MR) is 120 cm³/mol. The van der Waals surface area contributed by atoms with E-state index < -0.39 is 0 Å². The molecule has 0 saturated carbocycles. The van der Waals surface area contributed by atoms with Gasteiger partial charge in [-0.1, -0.05) is 15.9 Å². The van der Waals surface area contributed by atoms with E-state index in [1.54, 1.807) is 39.9 Å². The number of hydrogen-bond acceptors (Lipinski definition) is 5. The number of rotatable bonds is 5. The first-order valence-corrected chi connectivity index (χ1v) is 9.86. The van der Waals surface area contributed by atoms with Crippen LogP contribution in [0.1, 0.15) is 21.5 Å². The van der Waals surface area contributed by atoms with Crippen molar-refractivity contribution in [1.82, 2.24) is 9.47 Å². The minimum Gasteiger partial charge on any atom is -0.496 e. The number of carbonyl (C=O) groups is 1. The second kappa shape index (κ2) is 8.96. The van der Waals surface area contributed by atoms with Crippen LogP contribution >= 0.6 is 15.9 Å². The standard InChI is InChI=1S/C23H19BrN4O2/c1-27(2)14-23(29)28-13-20(19-10-18(24)5-6-21(19)28)17(12-26)9-16-8-15(11-25)4-7-22(16)30-3/h4-10,13H,14H2,1-3H3. The van der Waals surface area contributed by atoms with Gasteiger partial charge in [-0.3, -0.25) is 9.36 Å². The average Bonchev–Trinajstić information content (AvgIpc) is 3.09. The first-order valence-electron chi connectivity index (χ1n) is 9.06. The third-order valence-electron chi connectivity index (χ3n) is 4.56. The Hall–Kier alpha value is -3.39. The molecule has 0 radical (unpaired) electrons. The van der Waals surface area contributed by atoms with Crippen molar-refractivity contribution in [3.63, 3.8) is 0 Å². The molecule has 0 aliphatic carbocycles. The van der Waals surface area contributed by atoms with E-state index in [-0.39, 0.29) is 12.5 Å². The summed E-state index contributed by atoms with van der Waals surface area (Å²) < 4.78 is 7.80. The monoisotopic (exact) mass is 462 g/mol. The van der Waals surface area contributed by atoms with Gasteiger partial charge in [0.1, 0.15) is 5.75 Å². The van der Waals surface area contributed by atoms with E-state index in [0.29, 0.717) is 28.0 Å². The first-order chi connectivity index (χ1) is 14.4. The Morgan fingerprint density at radius 2 is 2.00 bits per heavy atom. The fraction of sp³-hybridized carbons (Fsp3) is 0.174. The summed E-state index contributed by atoms with van der Waals surface area (Å²) in [4.78, 5) is 14.6. The Bertz CT molecular complexity index is 1240. The number of nitriles is 2. The Balaban J connectivity index is 2.23. The van der Waals surface area contributed by atoms with Crippen molar-refractivity contribution in [3.05, 3.63) is 63.8 Å². The van der Waals surface area contributed by atoms with Crippen LogP contribution < -0.4 is 4.74 Å². The Morgan fingerprint density at radius 1 is 1.23 bits per heavy atom. The number of hydrogen-bond donors (Lipinski definition) is 0. The molecule has 0 fully saturated rings. The summed E-state index contributed by atoms with van der Waals surface area (Å²) in [6.07, 6.45) is 3.37. The molecule has 0 amide bonds. The lowest BCUT2D eigenvalue weighted by Crippen LogP contribution is -2.25. The van der Waals surface area contributed by atoms with Gasteiger partial charge in [-0.2, -0.15) is 10.5 Å². The van der Waals surface area contributed by atoms with E-state index in [2.05, 4.69) is 28.1 Å². The molecule has 0 unspecified atom stereocenters. The SMILES string of the molecule is COc1ccc(C#N)cc1C=C(C#N)c1cn(C(=O)CN(C)C)c2ccc(Br)cc12. The van der Waals surface area contributed by atoms with Crippen molar-refractivity contribution < 1.29 is 9.53 Å². The lowest BCUT2D eigenvalue weighted by molar-refractivity contribution is 0.0882. The van der Waals surface area contributed by atoms with Crippen LogP contribution in [-0.4, -0.2) is 43.1 Å². The number of carbonyl (C=O) groups excluding carboxylic acids is 1. The van der Waals surface area contributed by atoms with Crippen molar-refractivity contribution in [3.8, 4) is 17.9 Å². The fourth-order valence-electron chi connectivity index (χ4n) is 3.21. The molecule has 2 aromatic carbocycles. The zero-order valence-corrected chi connectivity index (χ0v) is 18.4. The van der Waals surface area contributed by atoms with Gasteiger partial charge in [0.2, 0.25) is 5.91 Å². The van der Waals surface area contributed by atoms with E-state index in [1.807, 2.05) is 32.3 Å². The van der Waals surface area contributed by atoms with Gasteiger partial charge in [0, 0.05) is 27.2 Å². The van der Waals surface area contributed by atoms with Crippen LogP contribution in [0.3, 0.4) is 0 Å². The molecule has 0 aliphatic heterocycles. The molecular formula is C23H19BrN4O2. The van der Waals surface area contributed by atoms with E-state index >= 15 is 0 Å². The van der Waals surface area contributed by atoms with Crippen LogP contribution in [0.5, 0.6) is 5.75 Å². The molecule has 0 saturated heterocycles. The zero-order chi connectivity index (χ0) is 21.8. The third kappa shape index (κ3) is 4.28. The lowest BCUT2D eigenvalue weighted by Gasteiger charge is -2.09. The number of nitrogens with zero attached hydrogens (tertiary/aromatic N) is 4. The summed E-state index contributed by atoms with van der Waals surface area (Å²) >= 11 is 3.47. The number of likely N-dealkylation sites (N-methyl/N-ethyl adjacent to an activating group) is 1. The minimum atomic E-state index is -0.0973.